The van der Waals surface area contributed by atoms with E-state index < -0.39 is 10.0 Å². The second-order valence-corrected chi connectivity index (χ2v) is 9.14. The summed E-state index contributed by atoms with van der Waals surface area (Å²) in [4.78, 5) is 23.8. The van der Waals surface area contributed by atoms with Crippen LogP contribution in [0.1, 0.15) is 18.1 Å². The monoisotopic (exact) mass is 482 g/mol. The molecule has 9 heteroatoms. The highest BCUT2D eigenvalue weighted by atomic mass is 32.2. The van der Waals surface area contributed by atoms with Crippen LogP contribution < -0.4 is 14.8 Å². The Labute approximate surface area is 199 Å². The Bertz CT molecular complexity index is 1240. The molecule has 2 N–H and O–H groups in total. The number of amides is 1. The molecule has 0 heterocycles. The number of esters is 1. The summed E-state index contributed by atoms with van der Waals surface area (Å²) >= 11 is 0. The largest absolute Gasteiger partial charge is 0.484 e. The Kier molecular flexibility index (Phi) is 8.26. The van der Waals surface area contributed by atoms with Crippen molar-refractivity contribution in [2.75, 3.05) is 23.3 Å². The summed E-state index contributed by atoms with van der Waals surface area (Å²) in [6.07, 6.45) is 0.164. The van der Waals surface area contributed by atoms with Gasteiger partial charge in [-0.05, 0) is 73.5 Å². The van der Waals surface area contributed by atoms with Crippen molar-refractivity contribution in [2.24, 2.45) is 0 Å². The molecular weight excluding hydrogens is 456 g/mol. The van der Waals surface area contributed by atoms with Crippen molar-refractivity contribution in [1.29, 1.82) is 0 Å². The molecule has 0 aliphatic heterocycles. The lowest BCUT2D eigenvalue weighted by atomic mass is 10.1. The predicted molar refractivity (Wildman–Crippen MR) is 129 cm³/mol. The molecule has 0 bridgehead atoms. The third-order valence-electron chi connectivity index (χ3n) is 4.67. The zero-order chi connectivity index (χ0) is 24.6. The summed E-state index contributed by atoms with van der Waals surface area (Å²) in [6.45, 7) is 3.70. The number of rotatable bonds is 10. The summed E-state index contributed by atoms with van der Waals surface area (Å²) in [6, 6.07) is 19.7. The fourth-order valence-electron chi connectivity index (χ4n) is 3.07. The molecule has 178 valence electrons. The van der Waals surface area contributed by atoms with Gasteiger partial charge < -0.3 is 14.8 Å². The van der Waals surface area contributed by atoms with E-state index in [0.29, 0.717) is 23.7 Å². The van der Waals surface area contributed by atoms with E-state index in [1.807, 2.05) is 13.0 Å². The molecule has 3 aromatic rings. The molecule has 0 atom stereocenters. The maximum Gasteiger partial charge on any atom is 0.310 e. The zero-order valence-electron chi connectivity index (χ0n) is 18.9. The van der Waals surface area contributed by atoms with Crippen LogP contribution in [0, 0.1) is 6.92 Å². The van der Waals surface area contributed by atoms with Gasteiger partial charge in [-0.3, -0.25) is 14.3 Å². The average Bonchev–Trinajstić information content (AvgIpc) is 2.79. The Hall–Kier alpha value is -3.85. The van der Waals surface area contributed by atoms with Gasteiger partial charge in [-0.15, -0.1) is 0 Å². The molecule has 0 radical (unpaired) electrons. The van der Waals surface area contributed by atoms with E-state index in [4.69, 9.17) is 9.47 Å². The smallest absolute Gasteiger partial charge is 0.310 e. The second kappa shape index (κ2) is 11.3. The van der Waals surface area contributed by atoms with Crippen molar-refractivity contribution in [3.8, 4) is 5.75 Å². The number of carbonyl (C=O) groups excluding carboxylic acids is 2. The van der Waals surface area contributed by atoms with Crippen LogP contribution in [0.2, 0.25) is 0 Å². The van der Waals surface area contributed by atoms with Crippen molar-refractivity contribution >= 4 is 33.3 Å². The first-order valence-corrected chi connectivity index (χ1v) is 12.1. The maximum atomic E-state index is 12.6. The van der Waals surface area contributed by atoms with Crippen LogP contribution in [0.5, 0.6) is 5.75 Å². The van der Waals surface area contributed by atoms with Gasteiger partial charge in [0, 0.05) is 11.4 Å². The molecule has 8 nitrogen and oxygen atoms in total. The minimum absolute atomic E-state index is 0.0775. The summed E-state index contributed by atoms with van der Waals surface area (Å²) in [7, 11) is -3.75. The number of aryl methyl sites for hydroxylation is 1. The number of hydrogen-bond acceptors (Lipinski definition) is 6. The van der Waals surface area contributed by atoms with Gasteiger partial charge in [0.15, 0.2) is 6.61 Å². The predicted octanol–water partition coefficient (Wildman–Crippen LogP) is 3.92. The normalized spacial score (nSPS) is 10.9. The van der Waals surface area contributed by atoms with Crippen LogP contribution in [-0.4, -0.2) is 33.5 Å². The van der Waals surface area contributed by atoms with Gasteiger partial charge in [0.25, 0.3) is 15.9 Å². The number of benzene rings is 3. The first-order chi connectivity index (χ1) is 16.2. The standard InChI is InChI=1S/C25H26N2O6S/c1-3-32-25(29)16-19-7-9-20(10-8-19)26-24(28)17-33-22-11-13-23(14-12-22)34(30,31)27-21-6-4-5-18(2)15-21/h4-15,27H,3,16-17H2,1-2H3,(H,26,28). The van der Waals surface area contributed by atoms with Crippen LogP contribution >= 0.6 is 0 Å². The van der Waals surface area contributed by atoms with Gasteiger partial charge in [-0.1, -0.05) is 24.3 Å². The summed E-state index contributed by atoms with van der Waals surface area (Å²) in [5.74, 6) is -0.331. The van der Waals surface area contributed by atoms with Gasteiger partial charge >= 0.3 is 5.97 Å². The Balaban J connectivity index is 1.51. The first-order valence-electron chi connectivity index (χ1n) is 10.6. The lowest BCUT2D eigenvalue weighted by Gasteiger charge is -2.10. The molecule has 0 saturated carbocycles. The number of sulfonamides is 1. The van der Waals surface area contributed by atoms with Gasteiger partial charge in [0.1, 0.15) is 5.75 Å². The molecule has 0 fully saturated rings. The fraction of sp³-hybridized carbons (Fsp3) is 0.200. The topological polar surface area (TPSA) is 111 Å². The van der Waals surface area contributed by atoms with Crippen LogP contribution in [0.4, 0.5) is 11.4 Å². The van der Waals surface area contributed by atoms with E-state index in [-0.39, 0.29) is 29.8 Å². The van der Waals surface area contributed by atoms with Gasteiger partial charge in [0.2, 0.25) is 0 Å². The molecule has 0 saturated heterocycles. The van der Waals surface area contributed by atoms with Crippen LogP contribution in [-0.2, 0) is 30.8 Å². The van der Waals surface area contributed by atoms with E-state index in [1.54, 1.807) is 49.4 Å². The molecule has 3 aromatic carbocycles. The number of hydrogen-bond donors (Lipinski definition) is 2. The number of ether oxygens (including phenoxy) is 2. The van der Waals surface area contributed by atoms with E-state index in [1.165, 1.54) is 24.3 Å². The summed E-state index contributed by atoms with van der Waals surface area (Å²) in [5, 5.41) is 2.70. The minimum atomic E-state index is -3.75. The second-order valence-electron chi connectivity index (χ2n) is 7.46. The molecule has 0 spiro atoms. The molecular formula is C25H26N2O6S. The molecule has 0 unspecified atom stereocenters. The highest BCUT2D eigenvalue weighted by Crippen LogP contribution is 2.20. The van der Waals surface area contributed by atoms with Crippen LogP contribution in [0.3, 0.4) is 0 Å². The quantitative estimate of drug-likeness (QED) is 0.424. The third-order valence-corrected chi connectivity index (χ3v) is 6.06. The summed E-state index contributed by atoms with van der Waals surface area (Å²) in [5.41, 5.74) is 2.75. The number of anilines is 2. The first kappa shape index (κ1) is 24.8. The lowest BCUT2D eigenvalue weighted by molar-refractivity contribution is -0.142. The van der Waals surface area contributed by atoms with Crippen LogP contribution in [0.15, 0.2) is 77.7 Å². The average molecular weight is 483 g/mol. The van der Waals surface area contributed by atoms with Crippen molar-refractivity contribution in [1.82, 2.24) is 0 Å². The van der Waals surface area contributed by atoms with E-state index in [9.17, 15) is 18.0 Å². The van der Waals surface area contributed by atoms with Crippen LogP contribution in [0.25, 0.3) is 0 Å². The fourth-order valence-corrected chi connectivity index (χ4v) is 4.12. The van der Waals surface area contributed by atoms with Crippen molar-refractivity contribution in [3.63, 3.8) is 0 Å². The Morgan fingerprint density at radius 1 is 0.912 bits per heavy atom. The maximum absolute atomic E-state index is 12.6. The number of nitrogens with one attached hydrogen (secondary N) is 2. The molecule has 1 amide bonds. The minimum Gasteiger partial charge on any atom is -0.484 e. The van der Waals surface area contributed by atoms with E-state index >= 15 is 0 Å². The van der Waals surface area contributed by atoms with Gasteiger partial charge in [-0.25, -0.2) is 8.42 Å². The Morgan fingerprint density at radius 3 is 2.26 bits per heavy atom. The number of carbonyl (C=O) groups is 2. The van der Waals surface area contributed by atoms with Crippen molar-refractivity contribution < 1.29 is 27.5 Å². The molecule has 0 aliphatic rings. The zero-order valence-corrected chi connectivity index (χ0v) is 19.7. The van der Waals surface area contributed by atoms with Gasteiger partial charge in [0.05, 0.1) is 17.9 Å². The third kappa shape index (κ3) is 7.35. The van der Waals surface area contributed by atoms with E-state index in [0.717, 1.165) is 11.1 Å². The van der Waals surface area contributed by atoms with Crippen molar-refractivity contribution in [2.45, 2.75) is 25.2 Å². The SMILES string of the molecule is CCOC(=O)Cc1ccc(NC(=O)COc2ccc(S(=O)(=O)Nc3cccc(C)c3)cc2)cc1. The lowest BCUT2D eigenvalue weighted by Crippen LogP contribution is -2.20. The summed E-state index contributed by atoms with van der Waals surface area (Å²) < 4.78 is 38.0. The van der Waals surface area contributed by atoms with Crippen molar-refractivity contribution in [3.05, 3.63) is 83.9 Å². The molecule has 0 aromatic heterocycles. The Morgan fingerprint density at radius 2 is 1.62 bits per heavy atom. The molecule has 0 aliphatic carbocycles. The highest BCUT2D eigenvalue weighted by Gasteiger charge is 2.14. The van der Waals surface area contributed by atoms with Gasteiger partial charge in [-0.2, -0.15) is 0 Å². The van der Waals surface area contributed by atoms with E-state index in [2.05, 4.69) is 10.0 Å². The highest BCUT2D eigenvalue weighted by molar-refractivity contribution is 7.92. The molecule has 3 rings (SSSR count). The molecule has 34 heavy (non-hydrogen) atoms.